The standard InChI is InChI=1S/C25H35N3O4S/c1-6-20(4)26-25(30)23(7-2)27(17-21-14-12-11-13-19(21)3)24(29)18-28(33(5,31)32)22-15-9-8-10-16-22/h8-16,20,23H,6-7,17-18H2,1-5H3,(H,26,30)/t20-,23-/m0/s1. The lowest BCUT2D eigenvalue weighted by molar-refractivity contribution is -0.140. The number of anilines is 1. The van der Waals surface area contributed by atoms with Gasteiger partial charge in [-0.25, -0.2) is 8.42 Å². The number of nitrogens with one attached hydrogen (secondary N) is 1. The number of rotatable bonds is 11. The van der Waals surface area contributed by atoms with E-state index in [9.17, 15) is 18.0 Å². The Bertz CT molecular complexity index is 1040. The molecule has 0 spiro atoms. The molecule has 0 bridgehead atoms. The maximum absolute atomic E-state index is 13.6. The Hall–Kier alpha value is -2.87. The molecule has 2 aromatic rings. The molecule has 0 aromatic heterocycles. The molecule has 0 aliphatic carbocycles. The second-order valence-corrected chi connectivity index (χ2v) is 10.2. The third-order valence-electron chi connectivity index (χ3n) is 5.71. The summed E-state index contributed by atoms with van der Waals surface area (Å²) in [6.07, 6.45) is 2.25. The summed E-state index contributed by atoms with van der Waals surface area (Å²) >= 11 is 0. The molecule has 0 heterocycles. The van der Waals surface area contributed by atoms with Crippen molar-refractivity contribution >= 4 is 27.5 Å². The molecule has 2 rings (SSSR count). The Morgan fingerprint density at radius 2 is 1.58 bits per heavy atom. The molecule has 7 nitrogen and oxygen atoms in total. The van der Waals surface area contributed by atoms with Crippen molar-refractivity contribution in [3.8, 4) is 0 Å². The van der Waals surface area contributed by atoms with Gasteiger partial charge < -0.3 is 10.2 Å². The van der Waals surface area contributed by atoms with Crippen LogP contribution in [0.2, 0.25) is 0 Å². The predicted molar refractivity (Wildman–Crippen MR) is 132 cm³/mol. The fourth-order valence-corrected chi connectivity index (χ4v) is 4.39. The fourth-order valence-electron chi connectivity index (χ4n) is 3.54. The van der Waals surface area contributed by atoms with E-state index in [0.29, 0.717) is 12.1 Å². The van der Waals surface area contributed by atoms with Crippen molar-refractivity contribution in [1.29, 1.82) is 0 Å². The van der Waals surface area contributed by atoms with Gasteiger partial charge in [-0.1, -0.05) is 56.3 Å². The molecule has 180 valence electrons. The Kier molecular flexibility index (Phi) is 9.46. The van der Waals surface area contributed by atoms with Crippen LogP contribution < -0.4 is 9.62 Å². The van der Waals surface area contributed by atoms with Gasteiger partial charge >= 0.3 is 0 Å². The molecular formula is C25H35N3O4S. The van der Waals surface area contributed by atoms with E-state index >= 15 is 0 Å². The van der Waals surface area contributed by atoms with E-state index in [1.807, 2.05) is 52.0 Å². The minimum absolute atomic E-state index is 0.0289. The summed E-state index contributed by atoms with van der Waals surface area (Å²) in [6.45, 7) is 7.52. The Morgan fingerprint density at radius 1 is 0.970 bits per heavy atom. The molecule has 2 amide bonds. The Labute approximate surface area is 197 Å². The summed E-state index contributed by atoms with van der Waals surface area (Å²) in [4.78, 5) is 28.2. The summed E-state index contributed by atoms with van der Waals surface area (Å²) in [5, 5.41) is 2.97. The van der Waals surface area contributed by atoms with E-state index in [-0.39, 0.29) is 25.0 Å². The van der Waals surface area contributed by atoms with Crippen molar-refractivity contribution < 1.29 is 18.0 Å². The summed E-state index contributed by atoms with van der Waals surface area (Å²) < 4.78 is 26.2. The SMILES string of the molecule is CC[C@H](C)NC(=O)[C@H](CC)N(Cc1ccccc1C)C(=O)CN(c1ccccc1)S(C)(=O)=O. The van der Waals surface area contributed by atoms with Crippen molar-refractivity contribution in [2.75, 3.05) is 17.1 Å². The van der Waals surface area contributed by atoms with Crippen molar-refractivity contribution in [2.24, 2.45) is 0 Å². The number of carbonyl (C=O) groups excluding carboxylic acids is 2. The summed E-state index contributed by atoms with van der Waals surface area (Å²) in [6, 6.07) is 15.4. The fraction of sp³-hybridized carbons (Fsp3) is 0.440. The van der Waals surface area contributed by atoms with Crippen LogP contribution in [0.25, 0.3) is 0 Å². The number of hydrogen-bond acceptors (Lipinski definition) is 4. The van der Waals surface area contributed by atoms with E-state index in [0.717, 1.165) is 28.1 Å². The molecule has 2 atom stereocenters. The van der Waals surface area contributed by atoms with Gasteiger partial charge in [0.25, 0.3) is 0 Å². The number of benzene rings is 2. The molecule has 0 radical (unpaired) electrons. The molecule has 0 saturated heterocycles. The molecule has 8 heteroatoms. The smallest absolute Gasteiger partial charge is 0.244 e. The van der Waals surface area contributed by atoms with Gasteiger partial charge in [0, 0.05) is 12.6 Å². The molecular weight excluding hydrogens is 438 g/mol. The topological polar surface area (TPSA) is 86.8 Å². The molecule has 0 aliphatic rings. The largest absolute Gasteiger partial charge is 0.352 e. The normalized spacial score (nSPS) is 13.1. The van der Waals surface area contributed by atoms with Crippen LogP contribution in [0.1, 0.15) is 44.7 Å². The maximum Gasteiger partial charge on any atom is 0.244 e. The summed E-state index contributed by atoms with van der Waals surface area (Å²) in [7, 11) is -3.72. The van der Waals surface area contributed by atoms with Crippen molar-refractivity contribution in [2.45, 2.75) is 59.2 Å². The minimum Gasteiger partial charge on any atom is -0.352 e. The molecule has 0 fully saturated rings. The van der Waals surface area contributed by atoms with Gasteiger partial charge in [-0.15, -0.1) is 0 Å². The van der Waals surface area contributed by atoms with E-state index < -0.39 is 22.0 Å². The first-order chi connectivity index (χ1) is 15.6. The Balaban J connectivity index is 2.43. The highest BCUT2D eigenvalue weighted by molar-refractivity contribution is 7.92. The van der Waals surface area contributed by atoms with Crippen LogP contribution in [0.3, 0.4) is 0 Å². The number of aryl methyl sites for hydroxylation is 1. The first-order valence-electron chi connectivity index (χ1n) is 11.3. The van der Waals surface area contributed by atoms with Crippen molar-refractivity contribution in [3.63, 3.8) is 0 Å². The third-order valence-corrected chi connectivity index (χ3v) is 6.85. The van der Waals surface area contributed by atoms with E-state index in [4.69, 9.17) is 0 Å². The van der Waals surface area contributed by atoms with Crippen LogP contribution in [0, 0.1) is 6.92 Å². The number of carbonyl (C=O) groups is 2. The van der Waals surface area contributed by atoms with Crippen LogP contribution in [-0.2, 0) is 26.2 Å². The summed E-state index contributed by atoms with van der Waals surface area (Å²) in [5.74, 6) is -0.668. The lowest BCUT2D eigenvalue weighted by Gasteiger charge is -2.33. The zero-order valence-electron chi connectivity index (χ0n) is 20.1. The van der Waals surface area contributed by atoms with Crippen LogP contribution in [0.4, 0.5) is 5.69 Å². The van der Waals surface area contributed by atoms with Crippen LogP contribution >= 0.6 is 0 Å². The number of amides is 2. The van der Waals surface area contributed by atoms with Gasteiger partial charge in [0.05, 0.1) is 11.9 Å². The minimum atomic E-state index is -3.72. The average molecular weight is 474 g/mol. The van der Waals surface area contributed by atoms with Gasteiger partial charge in [0.2, 0.25) is 21.8 Å². The van der Waals surface area contributed by atoms with Crippen LogP contribution in [-0.4, -0.2) is 50.0 Å². The predicted octanol–water partition coefficient (Wildman–Crippen LogP) is 3.48. The first kappa shape index (κ1) is 26.4. The highest BCUT2D eigenvalue weighted by atomic mass is 32.2. The third kappa shape index (κ3) is 7.32. The van der Waals surface area contributed by atoms with Crippen molar-refractivity contribution in [1.82, 2.24) is 10.2 Å². The van der Waals surface area contributed by atoms with E-state index in [1.165, 1.54) is 4.90 Å². The number of sulfonamides is 1. The van der Waals surface area contributed by atoms with Gasteiger partial charge in [0.15, 0.2) is 0 Å². The molecule has 0 saturated carbocycles. The van der Waals surface area contributed by atoms with E-state index in [1.54, 1.807) is 30.3 Å². The van der Waals surface area contributed by atoms with Gasteiger partial charge in [-0.3, -0.25) is 13.9 Å². The highest BCUT2D eigenvalue weighted by Crippen LogP contribution is 2.20. The lowest BCUT2D eigenvalue weighted by atomic mass is 10.1. The Morgan fingerprint density at radius 3 is 2.12 bits per heavy atom. The molecule has 0 unspecified atom stereocenters. The number of para-hydroxylation sites is 1. The van der Waals surface area contributed by atoms with Gasteiger partial charge in [0.1, 0.15) is 12.6 Å². The van der Waals surface area contributed by atoms with Gasteiger partial charge in [-0.05, 0) is 49.9 Å². The van der Waals surface area contributed by atoms with Gasteiger partial charge in [-0.2, -0.15) is 0 Å². The number of nitrogens with zero attached hydrogens (tertiary/aromatic N) is 2. The zero-order valence-corrected chi connectivity index (χ0v) is 20.9. The molecule has 1 N–H and O–H groups in total. The second kappa shape index (κ2) is 11.8. The molecule has 0 aliphatic heterocycles. The monoisotopic (exact) mass is 473 g/mol. The van der Waals surface area contributed by atoms with Crippen LogP contribution in [0.15, 0.2) is 54.6 Å². The van der Waals surface area contributed by atoms with E-state index in [2.05, 4.69) is 5.32 Å². The maximum atomic E-state index is 13.6. The second-order valence-electron chi connectivity index (χ2n) is 8.30. The van der Waals surface area contributed by atoms with Crippen LogP contribution in [0.5, 0.6) is 0 Å². The lowest BCUT2D eigenvalue weighted by Crippen LogP contribution is -2.53. The quantitative estimate of drug-likeness (QED) is 0.541. The molecule has 2 aromatic carbocycles. The summed E-state index contributed by atoms with van der Waals surface area (Å²) in [5.41, 5.74) is 2.31. The molecule has 33 heavy (non-hydrogen) atoms. The number of hydrogen-bond donors (Lipinski definition) is 1. The first-order valence-corrected chi connectivity index (χ1v) is 13.1. The zero-order chi connectivity index (χ0) is 24.6. The average Bonchev–Trinajstić information content (AvgIpc) is 2.78. The highest BCUT2D eigenvalue weighted by Gasteiger charge is 2.32. The van der Waals surface area contributed by atoms with Crippen molar-refractivity contribution in [3.05, 3.63) is 65.7 Å².